The number of nitrogens with one attached hydrogen (secondary N) is 2. The Balaban J connectivity index is 1.37. The van der Waals surface area contributed by atoms with Gasteiger partial charge in [-0.25, -0.2) is 4.79 Å². The molecule has 1 atom stereocenters. The number of nitrogens with zero attached hydrogens (tertiary/aromatic N) is 3. The van der Waals surface area contributed by atoms with Crippen LogP contribution in [-0.4, -0.2) is 44.3 Å². The fourth-order valence-corrected chi connectivity index (χ4v) is 4.72. The fourth-order valence-electron chi connectivity index (χ4n) is 4.49. The highest BCUT2D eigenvalue weighted by molar-refractivity contribution is 6.31. The lowest BCUT2D eigenvalue weighted by atomic mass is 9.97. The fraction of sp³-hybridized carbons (Fsp3) is 0.292. The Morgan fingerprint density at radius 3 is 2.78 bits per heavy atom. The lowest BCUT2D eigenvalue weighted by Crippen LogP contribution is -2.36. The summed E-state index contributed by atoms with van der Waals surface area (Å²) in [7, 11) is 0. The van der Waals surface area contributed by atoms with Crippen molar-refractivity contribution < 1.29 is 0 Å². The quantitative estimate of drug-likeness (QED) is 0.488. The number of hydrogen-bond acceptors (Lipinski definition) is 4. The number of piperidine rings is 1. The summed E-state index contributed by atoms with van der Waals surface area (Å²) in [5, 5.41) is 6.28. The van der Waals surface area contributed by atoms with E-state index in [9.17, 15) is 9.59 Å². The van der Waals surface area contributed by atoms with Gasteiger partial charge in [0.15, 0.2) is 0 Å². The van der Waals surface area contributed by atoms with Gasteiger partial charge in [-0.1, -0.05) is 41.9 Å². The summed E-state index contributed by atoms with van der Waals surface area (Å²) in [5.41, 5.74) is 1.81. The molecule has 0 amide bonds. The van der Waals surface area contributed by atoms with E-state index >= 15 is 0 Å². The minimum Gasteiger partial charge on any atom is -0.320 e. The summed E-state index contributed by atoms with van der Waals surface area (Å²) >= 11 is 6.30. The van der Waals surface area contributed by atoms with Crippen LogP contribution in [0.3, 0.4) is 0 Å². The van der Waals surface area contributed by atoms with E-state index in [1.54, 1.807) is 12.1 Å². The first-order valence-corrected chi connectivity index (χ1v) is 11.2. The predicted molar refractivity (Wildman–Crippen MR) is 126 cm³/mol. The zero-order chi connectivity index (χ0) is 22.1. The largest absolute Gasteiger partial charge is 0.348 e. The molecular formula is C24H24ClN5O2. The van der Waals surface area contributed by atoms with Gasteiger partial charge >= 0.3 is 5.69 Å². The molecule has 2 aromatic carbocycles. The van der Waals surface area contributed by atoms with Gasteiger partial charge in [0.2, 0.25) is 5.56 Å². The highest BCUT2D eigenvalue weighted by atomic mass is 35.5. The van der Waals surface area contributed by atoms with E-state index in [0.717, 1.165) is 54.9 Å². The highest BCUT2D eigenvalue weighted by Crippen LogP contribution is 2.25. The molecule has 0 bridgehead atoms. The normalized spacial score (nSPS) is 17.1. The van der Waals surface area contributed by atoms with Crippen molar-refractivity contribution in [3.63, 3.8) is 0 Å². The van der Waals surface area contributed by atoms with Crippen LogP contribution in [-0.2, 0) is 6.42 Å². The molecule has 7 nitrogen and oxygen atoms in total. The van der Waals surface area contributed by atoms with Crippen LogP contribution in [0.15, 0.2) is 64.2 Å². The van der Waals surface area contributed by atoms with E-state index < -0.39 is 0 Å². The Bertz CT molecular complexity index is 1370. The molecule has 8 heteroatoms. The molecule has 4 aromatic rings. The number of aromatic nitrogens is 4. The molecule has 1 fully saturated rings. The van der Waals surface area contributed by atoms with Crippen LogP contribution in [0.25, 0.3) is 16.6 Å². The topological polar surface area (TPSA) is 86.8 Å². The lowest BCUT2D eigenvalue weighted by molar-refractivity contribution is 0.206. The van der Waals surface area contributed by atoms with Crippen LogP contribution in [0.5, 0.6) is 0 Å². The zero-order valence-corrected chi connectivity index (χ0v) is 18.3. The van der Waals surface area contributed by atoms with Crippen LogP contribution in [0.1, 0.15) is 30.1 Å². The summed E-state index contributed by atoms with van der Waals surface area (Å²) in [5.74, 6) is 0.839. The average Bonchev–Trinajstić information content (AvgIpc) is 3.20. The maximum Gasteiger partial charge on any atom is 0.348 e. The molecule has 0 aliphatic carbocycles. The van der Waals surface area contributed by atoms with Gasteiger partial charge in [-0.05, 0) is 49.6 Å². The Labute approximate surface area is 189 Å². The molecule has 1 saturated heterocycles. The van der Waals surface area contributed by atoms with Gasteiger partial charge in [0.25, 0.3) is 0 Å². The summed E-state index contributed by atoms with van der Waals surface area (Å²) in [4.78, 5) is 32.8. The standard InChI is InChI=1S/C24H24ClN5O2/c25-19-8-2-1-5-16(19)12-14-29-13-4-7-18(15-29)23-27-24(32)30(28-23)20-9-3-6-17-10-11-21(31)26-22(17)20/h1-3,5-6,8-11,18H,4,7,12-15H2,(H,26,31)(H,27,28,32)/t18-/m0/s1. The third kappa shape index (κ3) is 4.13. The minimum atomic E-state index is -0.301. The Morgan fingerprint density at radius 2 is 1.91 bits per heavy atom. The third-order valence-electron chi connectivity index (χ3n) is 6.15. The third-order valence-corrected chi connectivity index (χ3v) is 6.52. The molecule has 32 heavy (non-hydrogen) atoms. The summed E-state index contributed by atoms with van der Waals surface area (Å²) in [6.45, 7) is 2.77. The van der Waals surface area contributed by atoms with Gasteiger partial charge in [-0.2, -0.15) is 4.68 Å². The number of fused-ring (bicyclic) bond motifs is 1. The first kappa shape index (κ1) is 20.7. The molecule has 1 aliphatic heterocycles. The molecule has 0 spiro atoms. The Morgan fingerprint density at radius 1 is 1.03 bits per heavy atom. The van der Waals surface area contributed by atoms with Gasteiger partial charge in [0, 0.05) is 35.5 Å². The summed E-state index contributed by atoms with van der Waals surface area (Å²) < 4.78 is 1.36. The highest BCUT2D eigenvalue weighted by Gasteiger charge is 2.25. The number of hydrogen-bond donors (Lipinski definition) is 2. The molecule has 0 radical (unpaired) electrons. The van der Waals surface area contributed by atoms with Crippen LogP contribution in [0.4, 0.5) is 0 Å². The van der Waals surface area contributed by atoms with E-state index in [-0.39, 0.29) is 17.2 Å². The van der Waals surface area contributed by atoms with Crippen molar-refractivity contribution in [2.75, 3.05) is 19.6 Å². The van der Waals surface area contributed by atoms with E-state index in [4.69, 9.17) is 11.6 Å². The van der Waals surface area contributed by atoms with Crippen molar-refractivity contribution in [2.24, 2.45) is 0 Å². The molecule has 0 saturated carbocycles. The minimum absolute atomic E-state index is 0.151. The number of pyridine rings is 1. The van der Waals surface area contributed by atoms with Gasteiger partial charge < -0.3 is 9.88 Å². The average molecular weight is 450 g/mol. The van der Waals surface area contributed by atoms with Gasteiger partial charge in [0.1, 0.15) is 5.82 Å². The van der Waals surface area contributed by atoms with Crippen LogP contribution in [0.2, 0.25) is 5.02 Å². The number of halogens is 1. The van der Waals surface area contributed by atoms with Crippen molar-refractivity contribution in [2.45, 2.75) is 25.2 Å². The van der Waals surface area contributed by atoms with Crippen molar-refractivity contribution in [1.29, 1.82) is 0 Å². The monoisotopic (exact) mass is 449 g/mol. The lowest BCUT2D eigenvalue weighted by Gasteiger charge is -2.31. The first-order chi connectivity index (χ1) is 15.6. The number of rotatable bonds is 5. The summed E-state index contributed by atoms with van der Waals surface area (Å²) in [6, 6.07) is 16.7. The van der Waals surface area contributed by atoms with Gasteiger partial charge in [-0.15, -0.1) is 5.10 Å². The number of para-hydroxylation sites is 1. The van der Waals surface area contributed by atoms with Crippen LogP contribution < -0.4 is 11.2 Å². The molecular weight excluding hydrogens is 426 g/mol. The molecule has 0 unspecified atom stereocenters. The molecule has 3 heterocycles. The second kappa shape index (κ2) is 8.76. The number of H-pyrrole nitrogens is 2. The smallest absolute Gasteiger partial charge is 0.320 e. The second-order valence-electron chi connectivity index (χ2n) is 8.27. The van der Waals surface area contributed by atoms with E-state index in [1.807, 2.05) is 30.3 Å². The molecule has 1 aliphatic rings. The van der Waals surface area contributed by atoms with Crippen molar-refractivity contribution >= 4 is 22.5 Å². The van der Waals surface area contributed by atoms with Gasteiger partial charge in [0.05, 0.1) is 11.2 Å². The number of benzene rings is 2. The maximum atomic E-state index is 12.8. The van der Waals surface area contributed by atoms with Crippen LogP contribution in [0, 0.1) is 0 Å². The SMILES string of the molecule is O=c1ccc2cccc(-n3nc([C@H]4CCCN(CCc5ccccc5Cl)C4)[nH]c3=O)c2[nH]1. The maximum absolute atomic E-state index is 12.8. The molecule has 2 N–H and O–H groups in total. The van der Waals surface area contributed by atoms with Crippen molar-refractivity contribution in [3.8, 4) is 5.69 Å². The number of likely N-dealkylation sites (tertiary alicyclic amines) is 1. The predicted octanol–water partition coefficient (Wildman–Crippen LogP) is 3.48. The first-order valence-electron chi connectivity index (χ1n) is 10.9. The summed E-state index contributed by atoms with van der Waals surface area (Å²) in [6.07, 6.45) is 2.91. The Hall–Kier alpha value is -3.16. The van der Waals surface area contributed by atoms with Gasteiger partial charge in [-0.3, -0.25) is 9.78 Å². The zero-order valence-electron chi connectivity index (χ0n) is 17.6. The number of aromatic amines is 2. The van der Waals surface area contributed by atoms with E-state index in [0.29, 0.717) is 17.0 Å². The second-order valence-corrected chi connectivity index (χ2v) is 8.68. The molecule has 5 rings (SSSR count). The van der Waals surface area contributed by atoms with E-state index in [2.05, 4.69) is 26.0 Å². The van der Waals surface area contributed by atoms with E-state index in [1.165, 1.54) is 10.7 Å². The molecule has 164 valence electrons. The van der Waals surface area contributed by atoms with Crippen molar-refractivity contribution in [1.82, 2.24) is 24.6 Å². The van der Waals surface area contributed by atoms with Crippen molar-refractivity contribution in [3.05, 3.63) is 91.8 Å². The molecule has 2 aromatic heterocycles. The Kier molecular flexibility index (Phi) is 5.68. The van der Waals surface area contributed by atoms with Crippen LogP contribution >= 0.6 is 11.6 Å².